The second kappa shape index (κ2) is 11.5. The number of cyclic esters (lactones) is 1. The van der Waals surface area contributed by atoms with Crippen molar-refractivity contribution in [2.45, 2.75) is 37.0 Å². The zero-order valence-corrected chi connectivity index (χ0v) is 25.4. The van der Waals surface area contributed by atoms with E-state index in [0.717, 1.165) is 41.0 Å². The standard InChI is InChI=1S/C34H21F4N2O4S2/c1-34(19-7-11-22(12-8-19)43-21-5-3-2-4-6-21)32(41)40(33(42)44-34)39-20-9-13-23(14-10-20)46-30-17-26(37)24(35)15-28(30)45-29-16-25(36)27(38)18-31(29)46/h2-18,39H,1H3/q+1. The molecule has 0 aromatic heterocycles. The topological polar surface area (TPSA) is 67.9 Å². The van der Waals surface area contributed by atoms with Crippen LogP contribution in [0.4, 0.5) is 28.0 Å². The van der Waals surface area contributed by atoms with E-state index in [1.807, 2.05) is 30.3 Å². The number of hydrazine groups is 1. The number of halogens is 4. The van der Waals surface area contributed by atoms with Crippen LogP contribution in [0.15, 0.2) is 128 Å². The molecule has 0 bridgehead atoms. The number of imide groups is 1. The summed E-state index contributed by atoms with van der Waals surface area (Å²) in [5.74, 6) is -3.69. The van der Waals surface area contributed by atoms with Gasteiger partial charge in [-0.3, -0.25) is 10.2 Å². The number of ether oxygens (including phenoxy) is 2. The van der Waals surface area contributed by atoms with Crippen LogP contribution in [0.3, 0.4) is 0 Å². The van der Waals surface area contributed by atoms with Crippen LogP contribution in [0.5, 0.6) is 11.5 Å². The molecule has 12 heteroatoms. The third-order valence-electron chi connectivity index (χ3n) is 7.43. The van der Waals surface area contributed by atoms with Crippen molar-refractivity contribution in [3.63, 3.8) is 0 Å². The lowest BCUT2D eigenvalue weighted by Gasteiger charge is -2.21. The summed E-state index contributed by atoms with van der Waals surface area (Å²) in [5.41, 5.74) is 1.95. The fourth-order valence-electron chi connectivity index (χ4n) is 5.09. The first-order valence-electron chi connectivity index (χ1n) is 13.8. The van der Waals surface area contributed by atoms with Gasteiger partial charge in [-0.05, 0) is 67.6 Å². The number of para-hydroxylation sites is 1. The Kier molecular flexibility index (Phi) is 7.41. The molecule has 2 aliphatic heterocycles. The average Bonchev–Trinajstić information content (AvgIpc) is 3.26. The molecule has 7 rings (SSSR count). The molecule has 1 N–H and O–H groups in total. The van der Waals surface area contributed by atoms with Crippen molar-refractivity contribution < 1.29 is 36.6 Å². The number of fused-ring (bicyclic) bond motifs is 2. The summed E-state index contributed by atoms with van der Waals surface area (Å²) < 4.78 is 68.3. The fourth-order valence-corrected chi connectivity index (χ4v) is 8.84. The highest BCUT2D eigenvalue weighted by Gasteiger charge is 2.52. The van der Waals surface area contributed by atoms with Crippen LogP contribution in [0, 0.1) is 23.3 Å². The van der Waals surface area contributed by atoms with Crippen LogP contribution in [0.1, 0.15) is 12.5 Å². The fraction of sp³-hybridized carbons (Fsp3) is 0.0588. The third-order valence-corrected chi connectivity index (χ3v) is 11.1. The average molecular weight is 662 g/mol. The Morgan fingerprint density at radius 2 is 1.28 bits per heavy atom. The first kappa shape index (κ1) is 29.8. The van der Waals surface area contributed by atoms with E-state index >= 15 is 0 Å². The zero-order valence-electron chi connectivity index (χ0n) is 23.7. The van der Waals surface area contributed by atoms with Gasteiger partial charge in [-0.15, -0.1) is 5.01 Å². The van der Waals surface area contributed by atoms with Gasteiger partial charge in [0, 0.05) is 17.7 Å². The van der Waals surface area contributed by atoms with Crippen LogP contribution in [-0.4, -0.2) is 17.0 Å². The highest BCUT2D eigenvalue weighted by atomic mass is 32.2. The van der Waals surface area contributed by atoms with Crippen molar-refractivity contribution in [3.8, 4) is 11.5 Å². The van der Waals surface area contributed by atoms with Crippen molar-refractivity contribution in [3.05, 3.63) is 132 Å². The Morgan fingerprint density at radius 1 is 0.739 bits per heavy atom. The van der Waals surface area contributed by atoms with E-state index in [1.165, 1.54) is 6.92 Å². The maximum absolute atomic E-state index is 14.4. The summed E-state index contributed by atoms with van der Waals surface area (Å²) in [6.07, 6.45) is -0.912. The lowest BCUT2D eigenvalue weighted by molar-refractivity contribution is -0.135. The van der Waals surface area contributed by atoms with Gasteiger partial charge in [0.05, 0.1) is 15.5 Å². The zero-order chi connectivity index (χ0) is 32.2. The first-order chi connectivity index (χ1) is 22.1. The molecule has 5 aromatic carbocycles. The number of hydrogen-bond acceptors (Lipinski definition) is 6. The molecule has 1 atom stereocenters. The molecule has 2 heterocycles. The van der Waals surface area contributed by atoms with E-state index in [9.17, 15) is 27.2 Å². The van der Waals surface area contributed by atoms with Gasteiger partial charge in [0.15, 0.2) is 38.0 Å². The molecular formula is C34H21F4N2O4S2+. The lowest BCUT2D eigenvalue weighted by atomic mass is 9.95. The number of amides is 2. The van der Waals surface area contributed by atoms with Crippen LogP contribution < -0.4 is 10.2 Å². The van der Waals surface area contributed by atoms with Gasteiger partial charge in [-0.25, -0.2) is 22.4 Å². The summed E-state index contributed by atoms with van der Waals surface area (Å²) in [6, 6.07) is 26.5. The number of nitrogens with one attached hydrogen (secondary N) is 1. The van der Waals surface area contributed by atoms with Gasteiger partial charge < -0.3 is 9.47 Å². The molecule has 1 unspecified atom stereocenters. The number of benzene rings is 5. The van der Waals surface area contributed by atoms with Crippen molar-refractivity contribution in [2.75, 3.05) is 5.43 Å². The molecule has 5 aromatic rings. The highest BCUT2D eigenvalue weighted by Crippen LogP contribution is 2.49. The molecular weight excluding hydrogens is 641 g/mol. The Balaban J connectivity index is 1.13. The number of hydrogen-bond donors (Lipinski definition) is 1. The molecule has 1 saturated heterocycles. The van der Waals surface area contributed by atoms with Crippen LogP contribution in [0.25, 0.3) is 0 Å². The number of anilines is 1. The Hall–Kier alpha value is -4.94. The molecule has 0 radical (unpaired) electrons. The number of carbonyl (C=O) groups excluding carboxylic acids is 2. The smallest absolute Gasteiger partial charge is 0.437 e. The van der Waals surface area contributed by atoms with Gasteiger partial charge in [0.25, 0.3) is 5.91 Å². The minimum Gasteiger partial charge on any atom is -0.457 e. The van der Waals surface area contributed by atoms with Crippen molar-refractivity contribution in [2.24, 2.45) is 0 Å². The predicted octanol–water partition coefficient (Wildman–Crippen LogP) is 8.82. The van der Waals surface area contributed by atoms with Crippen LogP contribution >= 0.6 is 11.8 Å². The minimum atomic E-state index is -1.61. The molecule has 230 valence electrons. The van der Waals surface area contributed by atoms with Crippen LogP contribution in [-0.2, 0) is 26.0 Å². The number of rotatable bonds is 6. The van der Waals surface area contributed by atoms with Crippen LogP contribution in [0.2, 0.25) is 0 Å². The second-order valence-corrected chi connectivity index (χ2v) is 13.5. The Morgan fingerprint density at radius 3 is 1.87 bits per heavy atom. The predicted molar refractivity (Wildman–Crippen MR) is 163 cm³/mol. The van der Waals surface area contributed by atoms with Crippen molar-refractivity contribution in [1.82, 2.24) is 5.01 Å². The van der Waals surface area contributed by atoms with E-state index in [1.54, 1.807) is 48.5 Å². The molecule has 0 saturated carbocycles. The minimum absolute atomic E-state index is 0.343. The lowest BCUT2D eigenvalue weighted by Crippen LogP contribution is -2.40. The summed E-state index contributed by atoms with van der Waals surface area (Å²) in [6.45, 7) is 1.49. The highest BCUT2D eigenvalue weighted by molar-refractivity contribution is 8.04. The molecule has 46 heavy (non-hydrogen) atoms. The maximum Gasteiger partial charge on any atom is 0.437 e. The molecule has 2 aliphatic rings. The molecule has 6 nitrogen and oxygen atoms in total. The van der Waals surface area contributed by atoms with Crippen molar-refractivity contribution >= 4 is 40.3 Å². The largest absolute Gasteiger partial charge is 0.457 e. The number of carbonyl (C=O) groups is 2. The maximum atomic E-state index is 14.4. The van der Waals surface area contributed by atoms with Gasteiger partial charge in [0.1, 0.15) is 22.4 Å². The SMILES string of the molecule is CC1(c2ccc(Oc3ccccc3)cc2)OC(=O)N(Nc2ccc([S+]3c4cc(F)c(F)cc4Sc4cc(F)c(F)cc43)cc2)C1=O. The summed E-state index contributed by atoms with van der Waals surface area (Å²) in [5, 5.41) is 0.768. The Labute approximate surface area is 267 Å². The van der Waals surface area contributed by atoms with Gasteiger partial charge >= 0.3 is 6.09 Å². The molecule has 0 spiro atoms. The van der Waals surface area contributed by atoms with E-state index in [0.29, 0.717) is 47.2 Å². The van der Waals surface area contributed by atoms with Crippen molar-refractivity contribution in [1.29, 1.82) is 0 Å². The summed E-state index contributed by atoms with van der Waals surface area (Å²) >= 11 is 1.03. The Bertz CT molecular complexity index is 1960. The van der Waals surface area contributed by atoms with Gasteiger partial charge in [-0.2, -0.15) is 0 Å². The van der Waals surface area contributed by atoms with Gasteiger partial charge in [0.2, 0.25) is 5.60 Å². The van der Waals surface area contributed by atoms with E-state index in [-0.39, 0.29) is 0 Å². The van der Waals surface area contributed by atoms with E-state index in [4.69, 9.17) is 9.47 Å². The normalized spacial score (nSPS) is 17.4. The van der Waals surface area contributed by atoms with E-state index in [2.05, 4.69) is 5.43 Å². The van der Waals surface area contributed by atoms with Gasteiger partial charge in [-0.1, -0.05) is 42.1 Å². The third kappa shape index (κ3) is 5.23. The summed E-state index contributed by atoms with van der Waals surface area (Å²) in [7, 11) is -1.12. The quantitative estimate of drug-likeness (QED) is 0.142. The number of nitrogens with zero attached hydrogens (tertiary/aromatic N) is 1. The monoisotopic (exact) mass is 661 g/mol. The van der Waals surface area contributed by atoms with E-state index < -0.39 is 51.8 Å². The molecule has 0 aliphatic carbocycles. The second-order valence-electron chi connectivity index (χ2n) is 10.5. The summed E-state index contributed by atoms with van der Waals surface area (Å²) in [4.78, 5) is 28.5. The molecule has 1 fully saturated rings. The molecule has 2 amide bonds. The first-order valence-corrected chi connectivity index (χ1v) is 15.8.